The largest absolute Gasteiger partial charge is 0.374 e. The first-order chi connectivity index (χ1) is 8.15. The van der Waals surface area contributed by atoms with Gasteiger partial charge >= 0.3 is 0 Å². The number of thiophene rings is 1. The van der Waals surface area contributed by atoms with E-state index in [0.717, 1.165) is 13.2 Å². The molecule has 0 amide bonds. The maximum Gasteiger partial charge on any atom is 0.0902 e. The van der Waals surface area contributed by atoms with Gasteiger partial charge in [-0.3, -0.25) is 4.90 Å². The smallest absolute Gasteiger partial charge is 0.0902 e. The molecule has 2 N–H and O–H groups in total. The Labute approximate surface area is 108 Å². The predicted octanol–water partition coefficient (Wildman–Crippen LogP) is 2.17. The van der Waals surface area contributed by atoms with Gasteiger partial charge in [0.15, 0.2) is 0 Å². The quantitative estimate of drug-likeness (QED) is 0.898. The van der Waals surface area contributed by atoms with Crippen LogP contribution in [0.15, 0.2) is 11.4 Å². The molecule has 1 aromatic heterocycles. The number of morpholine rings is 1. The summed E-state index contributed by atoms with van der Waals surface area (Å²) in [6.45, 7) is 9.04. The van der Waals surface area contributed by atoms with Crippen molar-refractivity contribution in [3.8, 4) is 0 Å². The van der Waals surface area contributed by atoms with Gasteiger partial charge < -0.3 is 10.5 Å². The fourth-order valence-electron chi connectivity index (χ4n) is 2.54. The summed E-state index contributed by atoms with van der Waals surface area (Å²) in [5, 5.41) is 2.16. The van der Waals surface area contributed by atoms with Crippen molar-refractivity contribution >= 4 is 11.3 Å². The molecule has 96 valence electrons. The van der Waals surface area contributed by atoms with Gasteiger partial charge in [-0.05, 0) is 37.8 Å². The SMILES string of the molecule is Cc1ccsc1C1C(CN)OCCN1C(C)C. The number of nitrogens with two attached hydrogens (primary N) is 1. The highest BCUT2D eigenvalue weighted by molar-refractivity contribution is 7.10. The summed E-state index contributed by atoms with van der Waals surface area (Å²) >= 11 is 1.82. The van der Waals surface area contributed by atoms with Crippen LogP contribution >= 0.6 is 11.3 Å². The van der Waals surface area contributed by atoms with Gasteiger partial charge in [0.25, 0.3) is 0 Å². The molecular formula is C13H22N2OS. The third kappa shape index (κ3) is 2.55. The molecule has 0 saturated carbocycles. The van der Waals surface area contributed by atoms with Gasteiger partial charge in [-0.2, -0.15) is 0 Å². The molecule has 0 aliphatic carbocycles. The zero-order valence-corrected chi connectivity index (χ0v) is 11.7. The van der Waals surface area contributed by atoms with Crippen LogP contribution in [0.3, 0.4) is 0 Å². The van der Waals surface area contributed by atoms with Gasteiger partial charge in [-0.25, -0.2) is 0 Å². The average Bonchev–Trinajstić information content (AvgIpc) is 2.74. The molecule has 1 aromatic rings. The highest BCUT2D eigenvalue weighted by atomic mass is 32.1. The molecule has 4 heteroatoms. The van der Waals surface area contributed by atoms with Crippen LogP contribution in [0.4, 0.5) is 0 Å². The number of hydrogen-bond acceptors (Lipinski definition) is 4. The number of aryl methyl sites for hydroxylation is 1. The topological polar surface area (TPSA) is 38.5 Å². The van der Waals surface area contributed by atoms with Crippen molar-refractivity contribution in [1.29, 1.82) is 0 Å². The van der Waals surface area contributed by atoms with Crippen LogP contribution < -0.4 is 5.73 Å². The highest BCUT2D eigenvalue weighted by Gasteiger charge is 2.35. The minimum atomic E-state index is 0.128. The highest BCUT2D eigenvalue weighted by Crippen LogP contribution is 2.35. The van der Waals surface area contributed by atoms with E-state index in [1.54, 1.807) is 0 Å². The molecule has 0 bridgehead atoms. The second-order valence-electron chi connectivity index (χ2n) is 4.89. The fourth-order valence-corrected chi connectivity index (χ4v) is 3.64. The summed E-state index contributed by atoms with van der Waals surface area (Å²) in [5.74, 6) is 0. The third-order valence-corrected chi connectivity index (χ3v) is 4.55. The van der Waals surface area contributed by atoms with Crippen LogP contribution in [0.5, 0.6) is 0 Å². The number of rotatable bonds is 3. The molecule has 2 rings (SSSR count). The summed E-state index contributed by atoms with van der Waals surface area (Å²) in [6, 6.07) is 3.04. The zero-order valence-electron chi connectivity index (χ0n) is 10.8. The molecule has 0 radical (unpaired) electrons. The maximum absolute atomic E-state index is 5.87. The van der Waals surface area contributed by atoms with E-state index in [9.17, 15) is 0 Å². The van der Waals surface area contributed by atoms with E-state index in [1.807, 2.05) is 11.3 Å². The van der Waals surface area contributed by atoms with E-state index in [0.29, 0.717) is 18.6 Å². The second-order valence-corrected chi connectivity index (χ2v) is 5.84. The first-order valence-corrected chi connectivity index (χ1v) is 7.14. The first-order valence-electron chi connectivity index (χ1n) is 6.26. The average molecular weight is 254 g/mol. The van der Waals surface area contributed by atoms with Gasteiger partial charge in [-0.15, -0.1) is 11.3 Å². The lowest BCUT2D eigenvalue weighted by atomic mass is 10.0. The molecular weight excluding hydrogens is 232 g/mol. The van der Waals surface area contributed by atoms with Crippen molar-refractivity contribution in [2.75, 3.05) is 19.7 Å². The second kappa shape index (κ2) is 5.48. The van der Waals surface area contributed by atoms with Crippen molar-refractivity contribution in [2.45, 2.75) is 39.0 Å². The Balaban J connectivity index is 2.32. The third-order valence-electron chi connectivity index (χ3n) is 3.46. The van der Waals surface area contributed by atoms with E-state index in [4.69, 9.17) is 10.5 Å². The monoisotopic (exact) mass is 254 g/mol. The molecule has 2 heterocycles. The molecule has 0 aromatic carbocycles. The van der Waals surface area contributed by atoms with E-state index >= 15 is 0 Å². The minimum absolute atomic E-state index is 0.128. The van der Waals surface area contributed by atoms with Gasteiger partial charge in [0, 0.05) is 24.0 Å². The van der Waals surface area contributed by atoms with Gasteiger partial charge in [-0.1, -0.05) is 0 Å². The van der Waals surface area contributed by atoms with Gasteiger partial charge in [0.05, 0.1) is 18.8 Å². The van der Waals surface area contributed by atoms with Crippen molar-refractivity contribution in [3.05, 3.63) is 21.9 Å². The molecule has 2 atom stereocenters. The lowest BCUT2D eigenvalue weighted by Gasteiger charge is -2.43. The minimum Gasteiger partial charge on any atom is -0.374 e. The van der Waals surface area contributed by atoms with Crippen LogP contribution in [-0.2, 0) is 4.74 Å². The van der Waals surface area contributed by atoms with Crippen molar-refractivity contribution in [2.24, 2.45) is 5.73 Å². The molecule has 1 aliphatic rings. The number of nitrogens with zero attached hydrogens (tertiary/aromatic N) is 1. The Morgan fingerprint density at radius 1 is 1.59 bits per heavy atom. The van der Waals surface area contributed by atoms with E-state index in [2.05, 4.69) is 37.1 Å². The molecule has 3 nitrogen and oxygen atoms in total. The van der Waals surface area contributed by atoms with Crippen LogP contribution in [0.1, 0.15) is 30.3 Å². The molecule has 2 unspecified atom stereocenters. The van der Waals surface area contributed by atoms with E-state index < -0.39 is 0 Å². The lowest BCUT2D eigenvalue weighted by molar-refractivity contribution is -0.0779. The summed E-state index contributed by atoms with van der Waals surface area (Å²) in [6.07, 6.45) is 0.128. The van der Waals surface area contributed by atoms with Gasteiger partial charge in [0.2, 0.25) is 0 Å². The fraction of sp³-hybridized carbons (Fsp3) is 0.692. The van der Waals surface area contributed by atoms with Crippen molar-refractivity contribution in [3.63, 3.8) is 0 Å². The molecule has 0 spiro atoms. The van der Waals surface area contributed by atoms with E-state index in [1.165, 1.54) is 10.4 Å². The maximum atomic E-state index is 5.87. The Kier molecular flexibility index (Phi) is 4.20. The predicted molar refractivity (Wildman–Crippen MR) is 72.4 cm³/mol. The summed E-state index contributed by atoms with van der Waals surface area (Å²) in [7, 11) is 0. The van der Waals surface area contributed by atoms with Crippen LogP contribution in [0.2, 0.25) is 0 Å². The van der Waals surface area contributed by atoms with Gasteiger partial charge in [0.1, 0.15) is 0 Å². The summed E-state index contributed by atoms with van der Waals surface area (Å²) < 4.78 is 5.84. The summed E-state index contributed by atoms with van der Waals surface area (Å²) in [5.41, 5.74) is 7.22. The standard InChI is InChI=1S/C13H22N2OS/c1-9(2)15-5-6-16-11(8-14)12(15)13-10(3)4-7-17-13/h4,7,9,11-12H,5-6,8,14H2,1-3H3. The Morgan fingerprint density at radius 2 is 2.35 bits per heavy atom. The molecule has 1 saturated heterocycles. The summed E-state index contributed by atoms with van der Waals surface area (Å²) in [4.78, 5) is 3.92. The molecule has 1 fully saturated rings. The zero-order chi connectivity index (χ0) is 12.4. The number of ether oxygens (including phenoxy) is 1. The Morgan fingerprint density at radius 3 is 2.88 bits per heavy atom. The van der Waals surface area contributed by atoms with Crippen LogP contribution in [0, 0.1) is 6.92 Å². The van der Waals surface area contributed by atoms with Crippen LogP contribution in [0.25, 0.3) is 0 Å². The van der Waals surface area contributed by atoms with Crippen molar-refractivity contribution in [1.82, 2.24) is 4.90 Å². The lowest BCUT2D eigenvalue weighted by Crippen LogP contribution is -2.50. The van der Waals surface area contributed by atoms with Crippen molar-refractivity contribution < 1.29 is 4.74 Å². The molecule has 17 heavy (non-hydrogen) atoms. The Bertz CT molecular complexity index is 364. The van der Waals surface area contributed by atoms with E-state index in [-0.39, 0.29) is 6.10 Å². The first kappa shape index (κ1) is 13.0. The Hall–Kier alpha value is -0.420. The van der Waals surface area contributed by atoms with Crippen LogP contribution in [-0.4, -0.2) is 36.7 Å². The normalized spacial score (nSPS) is 26.6. The molecule has 1 aliphatic heterocycles. The number of hydrogen-bond donors (Lipinski definition) is 1.